The fourth-order valence-electron chi connectivity index (χ4n) is 1.71. The van der Waals surface area contributed by atoms with Gasteiger partial charge in [-0.15, -0.1) is 0 Å². The minimum atomic E-state index is 0.553. The summed E-state index contributed by atoms with van der Waals surface area (Å²) in [5.41, 5.74) is 1.18. The molecule has 0 saturated heterocycles. The first kappa shape index (κ1) is 15.5. The van der Waals surface area contributed by atoms with Crippen molar-refractivity contribution in [3.8, 4) is 0 Å². The van der Waals surface area contributed by atoms with Crippen LogP contribution in [0.5, 0.6) is 0 Å². The summed E-state index contributed by atoms with van der Waals surface area (Å²) in [5.74, 6) is 1.33. The molecule has 0 aromatic carbocycles. The molecule has 1 heteroatoms. The summed E-state index contributed by atoms with van der Waals surface area (Å²) in [6.45, 7) is 14.1. The Kier molecular flexibility index (Phi) is 9.46. The average molecular weight is 225 g/mol. The molecule has 0 bridgehead atoms. The quantitative estimate of drug-likeness (QED) is 0.529. The largest absolute Gasteiger partial charge is 0.388 e. The van der Waals surface area contributed by atoms with Gasteiger partial charge in [0.05, 0.1) is 0 Å². The lowest BCUT2D eigenvalue weighted by Gasteiger charge is -2.17. The highest BCUT2D eigenvalue weighted by molar-refractivity contribution is 4.94. The Bertz CT molecular complexity index is 172. The van der Waals surface area contributed by atoms with E-state index in [2.05, 4.69) is 39.6 Å². The van der Waals surface area contributed by atoms with Crippen LogP contribution in [0.4, 0.5) is 0 Å². The third-order valence-corrected chi connectivity index (χ3v) is 3.17. The molecule has 0 heterocycles. The average Bonchev–Trinajstić information content (AvgIpc) is 2.25. The van der Waals surface area contributed by atoms with Crippen LogP contribution < -0.4 is 5.32 Å². The molecule has 0 aliphatic heterocycles. The van der Waals surface area contributed by atoms with Crippen LogP contribution in [-0.4, -0.2) is 6.54 Å². The smallest absolute Gasteiger partial charge is 0.0169 e. The lowest BCUT2D eigenvalue weighted by Crippen LogP contribution is -2.22. The minimum absolute atomic E-state index is 0.553. The van der Waals surface area contributed by atoms with Gasteiger partial charge in [-0.3, -0.25) is 0 Å². The van der Waals surface area contributed by atoms with Crippen LogP contribution in [0.2, 0.25) is 0 Å². The zero-order valence-corrected chi connectivity index (χ0v) is 11.8. The highest BCUT2D eigenvalue weighted by atomic mass is 14.9. The molecule has 96 valence electrons. The van der Waals surface area contributed by atoms with Crippen LogP contribution in [0.1, 0.15) is 66.2 Å². The monoisotopic (exact) mass is 225 g/mol. The Balaban J connectivity index is 3.37. The normalized spacial score (nSPS) is 12.8. The Morgan fingerprint density at radius 3 is 2.25 bits per heavy atom. The second-order valence-corrected chi connectivity index (χ2v) is 5.37. The molecule has 0 saturated carbocycles. The summed E-state index contributed by atoms with van der Waals surface area (Å²) in [6.07, 6.45) is 8.29. The van der Waals surface area contributed by atoms with Gasteiger partial charge < -0.3 is 5.32 Å². The van der Waals surface area contributed by atoms with E-state index < -0.39 is 0 Å². The molecule has 0 aliphatic rings. The molecule has 0 spiro atoms. The van der Waals surface area contributed by atoms with Gasteiger partial charge in [0.25, 0.3) is 0 Å². The molecule has 1 nitrogen and oxygen atoms in total. The van der Waals surface area contributed by atoms with E-state index in [0.29, 0.717) is 5.92 Å². The van der Waals surface area contributed by atoms with Crippen molar-refractivity contribution in [2.75, 3.05) is 6.54 Å². The van der Waals surface area contributed by atoms with Gasteiger partial charge in [0.1, 0.15) is 0 Å². The second-order valence-electron chi connectivity index (χ2n) is 5.37. The summed E-state index contributed by atoms with van der Waals surface area (Å²) in [4.78, 5) is 0. The summed E-state index contributed by atoms with van der Waals surface area (Å²) in [5, 5.41) is 3.44. The van der Waals surface area contributed by atoms with Crippen molar-refractivity contribution in [1.82, 2.24) is 5.32 Å². The number of hydrogen-bond donors (Lipinski definition) is 1. The maximum absolute atomic E-state index is 4.04. The molecule has 1 N–H and O–H groups in total. The molecular formula is C15H31N. The maximum atomic E-state index is 4.04. The van der Waals surface area contributed by atoms with Crippen molar-refractivity contribution < 1.29 is 0 Å². The van der Waals surface area contributed by atoms with Crippen molar-refractivity contribution in [2.24, 2.45) is 11.8 Å². The molecule has 0 aliphatic carbocycles. The lowest BCUT2D eigenvalue weighted by atomic mass is 10.0. The van der Waals surface area contributed by atoms with Crippen molar-refractivity contribution in [3.63, 3.8) is 0 Å². The second kappa shape index (κ2) is 9.74. The molecule has 0 amide bonds. The first-order valence-electron chi connectivity index (χ1n) is 7.00. The van der Waals surface area contributed by atoms with Gasteiger partial charge in [0, 0.05) is 12.2 Å². The van der Waals surface area contributed by atoms with Crippen LogP contribution in [0.3, 0.4) is 0 Å². The van der Waals surface area contributed by atoms with Crippen molar-refractivity contribution in [3.05, 3.63) is 12.3 Å². The van der Waals surface area contributed by atoms with Crippen molar-refractivity contribution in [1.29, 1.82) is 0 Å². The first-order valence-corrected chi connectivity index (χ1v) is 7.00. The molecule has 0 fully saturated rings. The number of hydrogen-bond acceptors (Lipinski definition) is 1. The molecule has 0 radical (unpaired) electrons. The molecule has 1 atom stereocenters. The van der Waals surface area contributed by atoms with E-state index in [9.17, 15) is 0 Å². The highest BCUT2D eigenvalue weighted by Crippen LogP contribution is 2.11. The van der Waals surface area contributed by atoms with E-state index in [1.807, 2.05) is 0 Å². The topological polar surface area (TPSA) is 12.0 Å². The molecule has 0 aromatic heterocycles. The van der Waals surface area contributed by atoms with Crippen molar-refractivity contribution in [2.45, 2.75) is 66.2 Å². The predicted octanol–water partition coefficient (Wildman–Crippen LogP) is 4.74. The van der Waals surface area contributed by atoms with Crippen molar-refractivity contribution >= 4 is 0 Å². The standard InChI is InChI=1S/C15H31N/c1-6-7-8-9-10-11-14(4)12-16-15(5)13(2)3/h13-14,16H,5-12H2,1-4H3. The van der Waals surface area contributed by atoms with Crippen LogP contribution in [-0.2, 0) is 0 Å². The minimum Gasteiger partial charge on any atom is -0.388 e. The fourth-order valence-corrected chi connectivity index (χ4v) is 1.71. The lowest BCUT2D eigenvalue weighted by molar-refractivity contribution is 0.460. The molecular weight excluding hydrogens is 194 g/mol. The van der Waals surface area contributed by atoms with E-state index in [1.54, 1.807) is 0 Å². The van der Waals surface area contributed by atoms with Gasteiger partial charge in [-0.25, -0.2) is 0 Å². The summed E-state index contributed by atoms with van der Waals surface area (Å²) < 4.78 is 0. The van der Waals surface area contributed by atoms with Crippen LogP contribution in [0.25, 0.3) is 0 Å². The molecule has 0 rings (SSSR count). The van der Waals surface area contributed by atoms with Crippen LogP contribution in [0, 0.1) is 11.8 Å². The van der Waals surface area contributed by atoms with Gasteiger partial charge in [-0.1, -0.05) is 66.4 Å². The SMILES string of the molecule is C=C(NCC(C)CCCCCCC)C(C)C. The Labute approximate surface area is 103 Å². The Morgan fingerprint density at radius 2 is 1.69 bits per heavy atom. The third-order valence-electron chi connectivity index (χ3n) is 3.17. The van der Waals surface area contributed by atoms with Gasteiger partial charge >= 0.3 is 0 Å². The van der Waals surface area contributed by atoms with Gasteiger partial charge in [-0.05, 0) is 18.3 Å². The Hall–Kier alpha value is -0.460. The molecule has 1 unspecified atom stereocenters. The summed E-state index contributed by atoms with van der Waals surface area (Å²) >= 11 is 0. The number of allylic oxidation sites excluding steroid dienone is 1. The predicted molar refractivity (Wildman–Crippen MR) is 74.5 cm³/mol. The van der Waals surface area contributed by atoms with Crippen LogP contribution >= 0.6 is 0 Å². The van der Waals surface area contributed by atoms with E-state index >= 15 is 0 Å². The summed E-state index contributed by atoms with van der Waals surface area (Å²) in [6, 6.07) is 0. The molecule has 16 heavy (non-hydrogen) atoms. The Morgan fingerprint density at radius 1 is 1.06 bits per heavy atom. The van der Waals surface area contributed by atoms with Gasteiger partial charge in [0.15, 0.2) is 0 Å². The van der Waals surface area contributed by atoms with E-state index in [-0.39, 0.29) is 0 Å². The van der Waals surface area contributed by atoms with E-state index in [0.717, 1.165) is 12.5 Å². The highest BCUT2D eigenvalue weighted by Gasteiger charge is 2.04. The van der Waals surface area contributed by atoms with Gasteiger partial charge in [0.2, 0.25) is 0 Å². The number of unbranched alkanes of at least 4 members (excludes halogenated alkanes) is 4. The third kappa shape index (κ3) is 8.82. The zero-order chi connectivity index (χ0) is 12.4. The van der Waals surface area contributed by atoms with E-state index in [1.165, 1.54) is 44.2 Å². The first-order chi connectivity index (χ1) is 7.57. The van der Waals surface area contributed by atoms with Gasteiger partial charge in [-0.2, -0.15) is 0 Å². The van der Waals surface area contributed by atoms with E-state index in [4.69, 9.17) is 0 Å². The fraction of sp³-hybridized carbons (Fsp3) is 0.867. The molecule has 0 aromatic rings. The summed E-state index contributed by atoms with van der Waals surface area (Å²) in [7, 11) is 0. The number of rotatable bonds is 10. The maximum Gasteiger partial charge on any atom is 0.0169 e. The zero-order valence-electron chi connectivity index (χ0n) is 11.8. The van der Waals surface area contributed by atoms with Crippen LogP contribution in [0.15, 0.2) is 12.3 Å². The number of nitrogens with one attached hydrogen (secondary N) is 1.